The summed E-state index contributed by atoms with van der Waals surface area (Å²) < 4.78 is 14.4. The molecule has 118 valence electrons. The van der Waals surface area contributed by atoms with Gasteiger partial charge in [-0.1, -0.05) is 71.1 Å². The third-order valence-electron chi connectivity index (χ3n) is 3.10. The van der Waals surface area contributed by atoms with Crippen LogP contribution in [-0.2, 0) is 12.3 Å². The van der Waals surface area contributed by atoms with Crippen molar-refractivity contribution in [3.63, 3.8) is 0 Å². The van der Waals surface area contributed by atoms with Crippen molar-refractivity contribution in [2.24, 2.45) is 0 Å². The van der Waals surface area contributed by atoms with Gasteiger partial charge in [-0.05, 0) is 17.7 Å². The summed E-state index contributed by atoms with van der Waals surface area (Å²) in [5.74, 6) is 0.513. The van der Waals surface area contributed by atoms with Crippen LogP contribution in [0.5, 0.6) is 0 Å². The summed E-state index contributed by atoms with van der Waals surface area (Å²) in [6.45, 7) is 0.385. The summed E-state index contributed by atoms with van der Waals surface area (Å²) in [6, 6.07) is 14.4. The van der Waals surface area contributed by atoms with Gasteiger partial charge in [0.1, 0.15) is 5.82 Å². The summed E-state index contributed by atoms with van der Waals surface area (Å²) in [4.78, 5) is 0. The van der Waals surface area contributed by atoms with Crippen molar-refractivity contribution in [1.82, 2.24) is 10.2 Å². The lowest BCUT2D eigenvalue weighted by Crippen LogP contribution is -2.01. The molecule has 0 aliphatic rings. The number of thioether (sulfide) groups is 1. The van der Waals surface area contributed by atoms with Crippen LogP contribution in [0.2, 0.25) is 5.02 Å². The number of nitrogens with zero attached hydrogens (tertiary/aromatic N) is 2. The minimum Gasteiger partial charge on any atom is -0.356 e. The van der Waals surface area contributed by atoms with Crippen molar-refractivity contribution in [1.29, 1.82) is 0 Å². The lowest BCUT2D eigenvalue weighted by atomic mass is 10.2. The Labute approximate surface area is 146 Å². The molecule has 0 radical (unpaired) electrons. The molecule has 0 atom stereocenters. The number of aromatic nitrogens is 2. The quantitative estimate of drug-likeness (QED) is 0.606. The molecule has 3 nitrogen and oxygen atoms in total. The standard InChI is InChI=1S/C16H13ClFN3S2/c17-13-7-3-1-6-12(13)10-22-16-21-20-15(23-16)19-9-11-5-2-4-8-14(11)18/h1-8H,9-10H2,(H,19,20). The first-order valence-electron chi connectivity index (χ1n) is 6.89. The van der Waals surface area contributed by atoms with Gasteiger partial charge in [0.25, 0.3) is 0 Å². The van der Waals surface area contributed by atoms with Crippen molar-refractivity contribution in [2.75, 3.05) is 5.32 Å². The molecule has 0 saturated heterocycles. The Bertz CT molecular complexity index is 730. The van der Waals surface area contributed by atoms with Crippen LogP contribution in [0.4, 0.5) is 9.52 Å². The molecule has 0 spiro atoms. The predicted molar refractivity (Wildman–Crippen MR) is 94.6 cm³/mol. The van der Waals surface area contributed by atoms with E-state index in [0.29, 0.717) is 17.2 Å². The first kappa shape index (κ1) is 16.2. The van der Waals surface area contributed by atoms with E-state index in [4.69, 9.17) is 11.6 Å². The van der Waals surface area contributed by atoms with Crippen LogP contribution < -0.4 is 5.32 Å². The van der Waals surface area contributed by atoms with Gasteiger partial charge in [-0.3, -0.25) is 0 Å². The first-order chi connectivity index (χ1) is 11.2. The van der Waals surface area contributed by atoms with Crippen LogP contribution in [0, 0.1) is 5.82 Å². The number of halogens is 2. The van der Waals surface area contributed by atoms with E-state index in [0.717, 1.165) is 20.7 Å². The highest BCUT2D eigenvalue weighted by atomic mass is 35.5. The van der Waals surface area contributed by atoms with E-state index in [2.05, 4.69) is 15.5 Å². The van der Waals surface area contributed by atoms with Gasteiger partial charge in [0.2, 0.25) is 5.13 Å². The number of rotatable bonds is 6. The summed E-state index contributed by atoms with van der Waals surface area (Å²) in [6.07, 6.45) is 0. The van der Waals surface area contributed by atoms with Crippen LogP contribution in [0.25, 0.3) is 0 Å². The topological polar surface area (TPSA) is 37.8 Å². The SMILES string of the molecule is Fc1ccccc1CNc1nnc(SCc2ccccc2Cl)s1. The van der Waals surface area contributed by atoms with Gasteiger partial charge >= 0.3 is 0 Å². The molecule has 1 N–H and O–H groups in total. The molecule has 3 aromatic rings. The summed E-state index contributed by atoms with van der Waals surface area (Å²) in [7, 11) is 0. The molecule has 0 aliphatic carbocycles. The molecular weight excluding hydrogens is 353 g/mol. The number of nitrogens with one attached hydrogen (secondary N) is 1. The maximum absolute atomic E-state index is 13.6. The third-order valence-corrected chi connectivity index (χ3v) is 5.54. The summed E-state index contributed by atoms with van der Waals surface area (Å²) in [5, 5.41) is 12.7. The molecular formula is C16H13ClFN3S2. The van der Waals surface area contributed by atoms with Crippen LogP contribution in [0.15, 0.2) is 52.9 Å². The van der Waals surface area contributed by atoms with E-state index < -0.39 is 0 Å². The molecule has 3 rings (SSSR count). The molecule has 0 bridgehead atoms. The fourth-order valence-electron chi connectivity index (χ4n) is 1.91. The summed E-state index contributed by atoms with van der Waals surface area (Å²) >= 11 is 9.16. The van der Waals surface area contributed by atoms with E-state index in [1.54, 1.807) is 23.9 Å². The molecule has 0 aliphatic heterocycles. The maximum atomic E-state index is 13.6. The second-order valence-electron chi connectivity index (χ2n) is 4.70. The van der Waals surface area contributed by atoms with Crippen LogP contribution in [0.3, 0.4) is 0 Å². The molecule has 1 aromatic heterocycles. The Kier molecular flexibility index (Phi) is 5.48. The fourth-order valence-corrected chi connectivity index (χ4v) is 3.94. The first-order valence-corrected chi connectivity index (χ1v) is 9.07. The zero-order valence-electron chi connectivity index (χ0n) is 12.0. The van der Waals surface area contributed by atoms with E-state index in [9.17, 15) is 4.39 Å². The molecule has 7 heteroatoms. The third kappa shape index (κ3) is 4.43. The van der Waals surface area contributed by atoms with Crippen LogP contribution >= 0.6 is 34.7 Å². The van der Waals surface area contributed by atoms with Gasteiger partial charge in [0.05, 0.1) is 0 Å². The Morgan fingerprint density at radius 3 is 2.57 bits per heavy atom. The van der Waals surface area contributed by atoms with Gasteiger partial charge in [0, 0.05) is 22.9 Å². The van der Waals surface area contributed by atoms with Crippen molar-refractivity contribution in [3.8, 4) is 0 Å². The predicted octanol–water partition coefficient (Wildman–Crippen LogP) is 5.24. The molecule has 2 aromatic carbocycles. The second-order valence-corrected chi connectivity index (χ2v) is 7.31. The lowest BCUT2D eigenvalue weighted by Gasteiger charge is -2.03. The summed E-state index contributed by atoms with van der Waals surface area (Å²) in [5.41, 5.74) is 1.67. The van der Waals surface area contributed by atoms with Crippen LogP contribution in [-0.4, -0.2) is 10.2 Å². The van der Waals surface area contributed by atoms with Crippen molar-refractivity contribution >= 4 is 39.8 Å². The van der Waals surface area contributed by atoms with E-state index in [-0.39, 0.29) is 5.82 Å². The normalized spacial score (nSPS) is 10.7. The largest absolute Gasteiger partial charge is 0.356 e. The van der Waals surface area contributed by atoms with Crippen LogP contribution in [0.1, 0.15) is 11.1 Å². The van der Waals surface area contributed by atoms with E-state index >= 15 is 0 Å². The van der Waals surface area contributed by atoms with E-state index in [1.807, 2.05) is 30.3 Å². The lowest BCUT2D eigenvalue weighted by molar-refractivity contribution is 0.613. The zero-order chi connectivity index (χ0) is 16.1. The minimum absolute atomic E-state index is 0.224. The Balaban J connectivity index is 1.56. The molecule has 1 heterocycles. The molecule has 0 unspecified atom stereocenters. The van der Waals surface area contributed by atoms with Crippen molar-refractivity contribution in [3.05, 3.63) is 70.5 Å². The smallest absolute Gasteiger partial charge is 0.206 e. The van der Waals surface area contributed by atoms with Crippen molar-refractivity contribution < 1.29 is 4.39 Å². The number of hydrogen-bond donors (Lipinski definition) is 1. The van der Waals surface area contributed by atoms with Gasteiger partial charge in [-0.2, -0.15) is 0 Å². The average molecular weight is 366 g/mol. The van der Waals surface area contributed by atoms with Gasteiger partial charge in [0.15, 0.2) is 4.34 Å². The highest BCUT2D eigenvalue weighted by molar-refractivity contribution is 8.00. The van der Waals surface area contributed by atoms with E-state index in [1.165, 1.54) is 17.4 Å². The number of hydrogen-bond acceptors (Lipinski definition) is 5. The highest BCUT2D eigenvalue weighted by Gasteiger charge is 2.07. The number of anilines is 1. The van der Waals surface area contributed by atoms with Gasteiger partial charge < -0.3 is 5.32 Å². The van der Waals surface area contributed by atoms with Crippen molar-refractivity contribution in [2.45, 2.75) is 16.6 Å². The van der Waals surface area contributed by atoms with Gasteiger partial charge in [-0.25, -0.2) is 4.39 Å². The molecule has 23 heavy (non-hydrogen) atoms. The molecule has 0 fully saturated rings. The minimum atomic E-state index is -0.224. The average Bonchev–Trinajstić information content (AvgIpc) is 3.01. The highest BCUT2D eigenvalue weighted by Crippen LogP contribution is 2.30. The second kappa shape index (κ2) is 7.77. The number of benzene rings is 2. The Morgan fingerprint density at radius 1 is 1.04 bits per heavy atom. The molecule has 0 amide bonds. The zero-order valence-corrected chi connectivity index (χ0v) is 14.4. The fraction of sp³-hybridized carbons (Fsp3) is 0.125. The Morgan fingerprint density at radius 2 is 1.78 bits per heavy atom. The Hall–Kier alpha value is -1.63. The maximum Gasteiger partial charge on any atom is 0.206 e. The monoisotopic (exact) mass is 365 g/mol. The van der Waals surface area contributed by atoms with Gasteiger partial charge in [-0.15, -0.1) is 10.2 Å². The molecule has 0 saturated carbocycles.